The number of aryl methyl sites for hydroxylation is 2. The van der Waals surface area contributed by atoms with E-state index in [1.807, 2.05) is 6.92 Å². The molecule has 94 valence electrons. The first-order valence-electron chi connectivity index (χ1n) is 5.32. The Morgan fingerprint density at radius 3 is 2.67 bits per heavy atom. The molecule has 2 aromatic rings. The number of hydrogen-bond donors (Lipinski definition) is 2. The van der Waals surface area contributed by atoms with Crippen molar-refractivity contribution in [2.45, 2.75) is 13.8 Å². The van der Waals surface area contributed by atoms with E-state index < -0.39 is 0 Å². The molecule has 0 atom stereocenters. The number of urea groups is 1. The van der Waals surface area contributed by atoms with Crippen LogP contribution in [0.5, 0.6) is 0 Å². The molecule has 1 aromatic carbocycles. The van der Waals surface area contributed by atoms with Gasteiger partial charge in [-0.25, -0.2) is 4.79 Å². The highest BCUT2D eigenvalue weighted by atomic mass is 35.5. The monoisotopic (exact) mass is 265 g/mol. The molecule has 0 radical (unpaired) electrons. The lowest BCUT2D eigenvalue weighted by atomic mass is 10.2. The van der Waals surface area contributed by atoms with Gasteiger partial charge in [-0.2, -0.15) is 0 Å². The zero-order chi connectivity index (χ0) is 13.1. The van der Waals surface area contributed by atoms with Crippen molar-refractivity contribution in [2.24, 2.45) is 0 Å². The van der Waals surface area contributed by atoms with Gasteiger partial charge in [0.05, 0.1) is 0 Å². The Bertz CT molecular complexity index is 580. The molecule has 6 heteroatoms. The highest BCUT2D eigenvalue weighted by Gasteiger charge is 2.07. The lowest BCUT2D eigenvalue weighted by Crippen LogP contribution is -2.20. The molecule has 1 aromatic heterocycles. The van der Waals surface area contributed by atoms with Crippen LogP contribution in [-0.4, -0.2) is 11.2 Å². The number of benzene rings is 1. The maximum absolute atomic E-state index is 11.7. The Morgan fingerprint density at radius 2 is 2.06 bits per heavy atom. The van der Waals surface area contributed by atoms with Crippen molar-refractivity contribution in [1.29, 1.82) is 0 Å². The van der Waals surface area contributed by atoms with Gasteiger partial charge in [0, 0.05) is 16.8 Å². The molecule has 0 unspecified atom stereocenters. The predicted molar refractivity (Wildman–Crippen MR) is 70.1 cm³/mol. The number of nitrogens with one attached hydrogen (secondary N) is 2. The Hall–Kier alpha value is -2.01. The summed E-state index contributed by atoms with van der Waals surface area (Å²) < 4.78 is 4.85. The Labute approximate surface area is 109 Å². The molecule has 18 heavy (non-hydrogen) atoms. The average Bonchev–Trinajstić information content (AvgIpc) is 2.68. The van der Waals surface area contributed by atoms with Crippen molar-refractivity contribution >= 4 is 29.1 Å². The summed E-state index contributed by atoms with van der Waals surface area (Å²) in [6.07, 6.45) is 0. The highest BCUT2D eigenvalue weighted by Crippen LogP contribution is 2.19. The van der Waals surface area contributed by atoms with Gasteiger partial charge in [-0.1, -0.05) is 16.8 Å². The lowest BCUT2D eigenvalue weighted by Gasteiger charge is -2.08. The van der Waals surface area contributed by atoms with Crippen LogP contribution in [0, 0.1) is 13.8 Å². The van der Waals surface area contributed by atoms with Crippen LogP contribution in [-0.2, 0) is 0 Å². The second-order valence-electron chi connectivity index (χ2n) is 3.86. The van der Waals surface area contributed by atoms with Gasteiger partial charge >= 0.3 is 6.03 Å². The van der Waals surface area contributed by atoms with E-state index >= 15 is 0 Å². The van der Waals surface area contributed by atoms with E-state index in [1.165, 1.54) is 0 Å². The molecule has 0 fully saturated rings. The van der Waals surface area contributed by atoms with E-state index in [2.05, 4.69) is 15.8 Å². The van der Waals surface area contributed by atoms with Gasteiger partial charge in [0.1, 0.15) is 5.76 Å². The van der Waals surface area contributed by atoms with E-state index in [0.717, 1.165) is 5.56 Å². The van der Waals surface area contributed by atoms with Gasteiger partial charge in [0.2, 0.25) is 0 Å². The quantitative estimate of drug-likeness (QED) is 0.872. The fourth-order valence-electron chi connectivity index (χ4n) is 1.46. The summed E-state index contributed by atoms with van der Waals surface area (Å²) in [7, 11) is 0. The summed E-state index contributed by atoms with van der Waals surface area (Å²) in [4.78, 5) is 11.7. The van der Waals surface area contributed by atoms with Gasteiger partial charge in [0.25, 0.3) is 0 Å². The van der Waals surface area contributed by atoms with E-state index in [4.69, 9.17) is 16.1 Å². The minimum Gasteiger partial charge on any atom is -0.360 e. The zero-order valence-corrected chi connectivity index (χ0v) is 10.7. The van der Waals surface area contributed by atoms with Crippen molar-refractivity contribution in [3.8, 4) is 0 Å². The molecule has 0 aliphatic rings. The minimum absolute atomic E-state index is 0.372. The van der Waals surface area contributed by atoms with E-state index in [1.54, 1.807) is 31.2 Å². The standard InChI is InChI=1S/C12H12ClN3O2/c1-7-5-9(13)3-4-10(7)14-12(17)15-11-6-8(2)18-16-11/h3-6H,1-2H3,(H2,14,15,16,17). The maximum atomic E-state index is 11.7. The zero-order valence-electron chi connectivity index (χ0n) is 9.95. The Balaban J connectivity index is 2.03. The number of rotatable bonds is 2. The van der Waals surface area contributed by atoms with E-state index in [9.17, 15) is 4.79 Å². The third kappa shape index (κ3) is 3.01. The molecule has 5 nitrogen and oxygen atoms in total. The fourth-order valence-corrected chi connectivity index (χ4v) is 1.69. The highest BCUT2D eigenvalue weighted by molar-refractivity contribution is 6.30. The number of carbonyl (C=O) groups is 1. The molecule has 0 saturated heterocycles. The summed E-state index contributed by atoms with van der Waals surface area (Å²) in [5.74, 6) is 1.00. The molecular formula is C12H12ClN3O2. The number of anilines is 2. The number of hydrogen-bond acceptors (Lipinski definition) is 3. The molecule has 0 spiro atoms. The normalized spacial score (nSPS) is 10.2. The second-order valence-corrected chi connectivity index (χ2v) is 4.30. The smallest absolute Gasteiger partial charge is 0.324 e. The van der Waals surface area contributed by atoms with Crippen LogP contribution in [0.4, 0.5) is 16.3 Å². The molecule has 2 rings (SSSR count). The summed E-state index contributed by atoms with van der Waals surface area (Å²) in [5.41, 5.74) is 1.58. The number of carbonyl (C=O) groups excluding carboxylic acids is 1. The number of amides is 2. The van der Waals surface area contributed by atoms with Gasteiger partial charge < -0.3 is 9.84 Å². The number of nitrogens with zero attached hydrogens (tertiary/aromatic N) is 1. The number of aromatic nitrogens is 1. The average molecular weight is 266 g/mol. The van der Waals surface area contributed by atoms with Crippen molar-refractivity contribution in [3.05, 3.63) is 40.6 Å². The first-order chi connectivity index (χ1) is 8.54. The van der Waals surface area contributed by atoms with Crippen molar-refractivity contribution in [3.63, 3.8) is 0 Å². The van der Waals surface area contributed by atoms with Crippen LogP contribution in [0.3, 0.4) is 0 Å². The summed E-state index contributed by atoms with van der Waals surface area (Å²) in [6, 6.07) is 6.48. The molecule has 1 heterocycles. The lowest BCUT2D eigenvalue weighted by molar-refractivity contribution is 0.262. The van der Waals surface area contributed by atoms with Crippen LogP contribution in [0.15, 0.2) is 28.8 Å². The van der Waals surface area contributed by atoms with Gasteiger partial charge in [0.15, 0.2) is 5.82 Å². The van der Waals surface area contributed by atoms with Crippen molar-refractivity contribution in [2.75, 3.05) is 10.6 Å². The molecule has 0 aliphatic heterocycles. The third-order valence-corrected chi connectivity index (χ3v) is 2.54. The molecule has 0 saturated carbocycles. The molecule has 2 amide bonds. The number of halogens is 1. The predicted octanol–water partition coefficient (Wildman–Crippen LogP) is 3.59. The summed E-state index contributed by atoms with van der Waals surface area (Å²) >= 11 is 5.84. The molecule has 0 aliphatic carbocycles. The van der Waals surface area contributed by atoms with E-state index in [-0.39, 0.29) is 6.03 Å². The maximum Gasteiger partial charge on any atom is 0.324 e. The second kappa shape index (κ2) is 5.10. The molecule has 0 bridgehead atoms. The Kier molecular flexibility index (Phi) is 3.53. The van der Waals surface area contributed by atoms with Gasteiger partial charge in [-0.15, -0.1) is 0 Å². The van der Waals surface area contributed by atoms with Crippen molar-refractivity contribution < 1.29 is 9.32 Å². The molecular weight excluding hydrogens is 254 g/mol. The molecule has 2 N–H and O–H groups in total. The summed E-state index contributed by atoms with van der Waals surface area (Å²) in [5, 5.41) is 9.57. The van der Waals surface area contributed by atoms with Gasteiger partial charge in [-0.05, 0) is 37.6 Å². The minimum atomic E-state index is -0.381. The Morgan fingerprint density at radius 1 is 1.28 bits per heavy atom. The van der Waals surface area contributed by atoms with Crippen LogP contribution in [0.1, 0.15) is 11.3 Å². The van der Waals surface area contributed by atoms with Crippen LogP contribution >= 0.6 is 11.6 Å². The third-order valence-electron chi connectivity index (χ3n) is 2.31. The van der Waals surface area contributed by atoms with E-state index in [0.29, 0.717) is 22.3 Å². The van der Waals surface area contributed by atoms with Crippen LogP contribution in [0.25, 0.3) is 0 Å². The van der Waals surface area contributed by atoms with Crippen molar-refractivity contribution in [1.82, 2.24) is 5.16 Å². The summed E-state index contributed by atoms with van der Waals surface area (Å²) in [6.45, 7) is 3.61. The SMILES string of the molecule is Cc1cc(NC(=O)Nc2ccc(Cl)cc2C)no1. The van der Waals surface area contributed by atoms with Crippen LogP contribution < -0.4 is 10.6 Å². The van der Waals surface area contributed by atoms with Gasteiger partial charge in [-0.3, -0.25) is 5.32 Å². The fraction of sp³-hybridized carbons (Fsp3) is 0.167. The largest absolute Gasteiger partial charge is 0.360 e. The first-order valence-corrected chi connectivity index (χ1v) is 5.70. The van der Waals surface area contributed by atoms with Crippen LogP contribution in [0.2, 0.25) is 5.02 Å². The first kappa shape index (κ1) is 12.4. The topological polar surface area (TPSA) is 67.2 Å².